The zero-order chi connectivity index (χ0) is 18.8. The second kappa shape index (κ2) is 8.63. The maximum Gasteiger partial charge on any atom is 0.252 e. The van der Waals surface area contributed by atoms with Crippen LogP contribution in [0.2, 0.25) is 5.02 Å². The van der Waals surface area contributed by atoms with E-state index in [9.17, 15) is 17.6 Å². The number of nitrogens with zero attached hydrogens (tertiary/aromatic N) is 1. The van der Waals surface area contributed by atoms with Crippen molar-refractivity contribution in [1.82, 2.24) is 9.29 Å². The summed E-state index contributed by atoms with van der Waals surface area (Å²) in [6.45, 7) is 1.60. The molecule has 0 saturated carbocycles. The molecule has 0 aliphatic rings. The lowest BCUT2D eigenvalue weighted by Gasteiger charge is -2.14. The topological polar surface area (TPSA) is 118 Å². The van der Waals surface area contributed by atoms with Crippen LogP contribution < -0.4 is 15.9 Å². The van der Waals surface area contributed by atoms with Crippen molar-refractivity contribution in [3.8, 4) is 0 Å². The highest BCUT2D eigenvalue weighted by molar-refractivity contribution is 7.89. The number of nitrogens with one attached hydrogen (secondary N) is 2. The second-order valence-corrected chi connectivity index (χ2v) is 7.34. The molecule has 11 heteroatoms. The van der Waals surface area contributed by atoms with Crippen molar-refractivity contribution in [2.75, 3.05) is 6.54 Å². The highest BCUT2D eigenvalue weighted by Gasteiger charge is 2.19. The number of benzene rings is 1. The van der Waals surface area contributed by atoms with Crippen LogP contribution in [0.1, 0.15) is 22.8 Å². The van der Waals surface area contributed by atoms with Gasteiger partial charge in [-0.15, -0.1) is 12.4 Å². The van der Waals surface area contributed by atoms with Gasteiger partial charge in [0.2, 0.25) is 10.0 Å². The van der Waals surface area contributed by atoms with Crippen molar-refractivity contribution in [3.05, 3.63) is 57.9 Å². The molecule has 26 heavy (non-hydrogen) atoms. The van der Waals surface area contributed by atoms with Crippen molar-refractivity contribution in [3.63, 3.8) is 0 Å². The third kappa shape index (κ3) is 4.82. The summed E-state index contributed by atoms with van der Waals surface area (Å²) in [5.74, 6) is -1.48. The minimum Gasteiger partial charge on any atom is -0.365 e. The number of hydrogen-bond acceptors (Lipinski definition) is 4. The van der Waals surface area contributed by atoms with E-state index < -0.39 is 21.7 Å². The molecule has 0 aliphatic carbocycles. The molecule has 2 aromatic rings. The Hall–Kier alpha value is -1.94. The van der Waals surface area contributed by atoms with E-state index in [-0.39, 0.29) is 52.0 Å². The standard InChI is InChI=1S/C15H16ClFN4O3S.ClH/c1-2-20-25(23,24)13-4-3-11(17)5-9(13)7-21-8-10(16)6-12(14(21)18)15(19)22;/h3-6,8,18,20H,2,7H2,1H3,(H2,19,22);1H. The summed E-state index contributed by atoms with van der Waals surface area (Å²) in [6.07, 6.45) is 1.34. The first-order valence-electron chi connectivity index (χ1n) is 7.18. The number of halogens is 3. The Morgan fingerprint density at radius 3 is 2.62 bits per heavy atom. The van der Waals surface area contributed by atoms with Crippen LogP contribution in [-0.2, 0) is 16.6 Å². The quantitative estimate of drug-likeness (QED) is 0.655. The molecule has 0 unspecified atom stereocenters. The van der Waals surface area contributed by atoms with Crippen LogP contribution >= 0.6 is 24.0 Å². The number of primary amides is 1. The number of carbonyl (C=O) groups is 1. The molecule has 142 valence electrons. The van der Waals surface area contributed by atoms with Crippen LogP contribution in [0.4, 0.5) is 4.39 Å². The highest BCUT2D eigenvalue weighted by atomic mass is 35.5. The Morgan fingerprint density at radius 2 is 2.04 bits per heavy atom. The fourth-order valence-corrected chi connectivity index (χ4v) is 3.79. The van der Waals surface area contributed by atoms with E-state index in [2.05, 4.69) is 4.72 Å². The molecule has 1 heterocycles. The molecule has 4 N–H and O–H groups in total. The fourth-order valence-electron chi connectivity index (χ4n) is 2.31. The summed E-state index contributed by atoms with van der Waals surface area (Å²) in [5.41, 5.74) is 4.94. The van der Waals surface area contributed by atoms with Gasteiger partial charge in [0, 0.05) is 12.7 Å². The lowest BCUT2D eigenvalue weighted by molar-refractivity contribution is 0.0997. The Morgan fingerprint density at radius 1 is 1.38 bits per heavy atom. The summed E-state index contributed by atoms with van der Waals surface area (Å²) in [7, 11) is -3.84. The van der Waals surface area contributed by atoms with E-state index >= 15 is 0 Å². The van der Waals surface area contributed by atoms with Gasteiger partial charge in [0.05, 0.1) is 22.0 Å². The number of sulfonamides is 1. The lowest BCUT2D eigenvalue weighted by Crippen LogP contribution is -2.31. The Balaban J connectivity index is 0.00000338. The van der Waals surface area contributed by atoms with Crippen molar-refractivity contribution < 1.29 is 17.6 Å². The van der Waals surface area contributed by atoms with Gasteiger partial charge in [0.1, 0.15) is 11.3 Å². The third-order valence-corrected chi connectivity index (χ3v) is 5.21. The maximum atomic E-state index is 13.6. The molecule has 1 aromatic carbocycles. The zero-order valence-electron chi connectivity index (χ0n) is 13.6. The summed E-state index contributed by atoms with van der Waals surface area (Å²) < 4.78 is 41.8. The van der Waals surface area contributed by atoms with E-state index in [0.29, 0.717) is 0 Å². The normalized spacial score (nSPS) is 11.0. The minimum absolute atomic E-state index is 0. The predicted octanol–water partition coefficient (Wildman–Crippen LogP) is 1.63. The third-order valence-electron chi connectivity index (χ3n) is 3.36. The number of pyridine rings is 1. The molecule has 1 amide bonds. The first-order chi connectivity index (χ1) is 11.7. The first-order valence-corrected chi connectivity index (χ1v) is 9.04. The van der Waals surface area contributed by atoms with Gasteiger partial charge in [0.15, 0.2) is 0 Å². The average molecular weight is 423 g/mol. The fraction of sp³-hybridized carbons (Fsp3) is 0.200. The number of aromatic nitrogens is 1. The summed E-state index contributed by atoms with van der Waals surface area (Å²) in [5, 5.41) is 8.17. The molecular weight excluding hydrogens is 406 g/mol. The van der Waals surface area contributed by atoms with Gasteiger partial charge < -0.3 is 10.3 Å². The maximum absolute atomic E-state index is 13.6. The Labute approximate surface area is 160 Å². The molecule has 0 saturated heterocycles. The van der Waals surface area contributed by atoms with Crippen molar-refractivity contribution >= 4 is 39.9 Å². The van der Waals surface area contributed by atoms with E-state index in [1.165, 1.54) is 16.8 Å². The van der Waals surface area contributed by atoms with Gasteiger partial charge in [0.25, 0.3) is 5.91 Å². The van der Waals surface area contributed by atoms with Crippen LogP contribution in [0.3, 0.4) is 0 Å². The van der Waals surface area contributed by atoms with Crippen molar-refractivity contribution in [1.29, 1.82) is 5.41 Å². The minimum atomic E-state index is -3.84. The SMILES string of the molecule is CCNS(=O)(=O)c1ccc(F)cc1Cn1cc(Cl)cc(C(N)=O)c1=N.Cl. The van der Waals surface area contributed by atoms with Crippen LogP contribution in [0, 0.1) is 11.2 Å². The summed E-state index contributed by atoms with van der Waals surface area (Å²) in [6, 6.07) is 4.48. The zero-order valence-corrected chi connectivity index (χ0v) is 16.0. The van der Waals surface area contributed by atoms with E-state index in [0.717, 1.165) is 18.2 Å². The summed E-state index contributed by atoms with van der Waals surface area (Å²) >= 11 is 5.93. The molecule has 0 radical (unpaired) electrons. The molecule has 0 spiro atoms. The van der Waals surface area contributed by atoms with Crippen LogP contribution in [0.15, 0.2) is 35.4 Å². The number of hydrogen-bond donors (Lipinski definition) is 3. The number of carbonyl (C=O) groups excluding carboxylic acids is 1. The molecular formula is C15H17Cl2FN4O3S. The van der Waals surface area contributed by atoms with Crippen LogP contribution in [-0.4, -0.2) is 25.4 Å². The second-order valence-electron chi connectivity index (χ2n) is 5.17. The van der Waals surface area contributed by atoms with Gasteiger partial charge >= 0.3 is 0 Å². The Kier molecular flexibility index (Phi) is 7.34. The van der Waals surface area contributed by atoms with Gasteiger partial charge in [-0.3, -0.25) is 10.2 Å². The van der Waals surface area contributed by atoms with Gasteiger partial charge in [-0.25, -0.2) is 17.5 Å². The summed E-state index contributed by atoms with van der Waals surface area (Å²) in [4.78, 5) is 11.3. The van der Waals surface area contributed by atoms with Gasteiger partial charge in [-0.1, -0.05) is 18.5 Å². The monoisotopic (exact) mass is 422 g/mol. The molecule has 7 nitrogen and oxygen atoms in total. The van der Waals surface area contributed by atoms with Gasteiger partial charge in [-0.2, -0.15) is 0 Å². The number of amides is 1. The Bertz CT molecular complexity index is 993. The molecule has 0 bridgehead atoms. The molecule has 2 rings (SSSR count). The van der Waals surface area contributed by atoms with Crippen molar-refractivity contribution in [2.45, 2.75) is 18.4 Å². The molecule has 0 fully saturated rings. The average Bonchev–Trinajstić information content (AvgIpc) is 2.50. The van der Waals surface area contributed by atoms with E-state index in [1.54, 1.807) is 6.92 Å². The van der Waals surface area contributed by atoms with E-state index in [1.807, 2.05) is 0 Å². The lowest BCUT2D eigenvalue weighted by atomic mass is 10.2. The first kappa shape index (κ1) is 22.1. The largest absolute Gasteiger partial charge is 0.365 e. The van der Waals surface area contributed by atoms with Gasteiger partial charge in [-0.05, 0) is 29.8 Å². The smallest absolute Gasteiger partial charge is 0.252 e. The van der Waals surface area contributed by atoms with E-state index in [4.69, 9.17) is 22.7 Å². The molecule has 1 aromatic heterocycles. The molecule has 0 atom stereocenters. The van der Waals surface area contributed by atoms with Crippen molar-refractivity contribution in [2.24, 2.45) is 5.73 Å². The van der Waals surface area contributed by atoms with Crippen LogP contribution in [0.25, 0.3) is 0 Å². The predicted molar refractivity (Wildman–Crippen MR) is 97.4 cm³/mol. The van der Waals surface area contributed by atoms with Crippen LogP contribution in [0.5, 0.6) is 0 Å². The number of rotatable bonds is 6. The highest BCUT2D eigenvalue weighted by Crippen LogP contribution is 2.19. The molecule has 0 aliphatic heterocycles. The number of nitrogens with two attached hydrogens (primary N) is 1.